The van der Waals surface area contributed by atoms with Crippen molar-refractivity contribution in [3.05, 3.63) is 29.3 Å². The second-order valence-corrected chi connectivity index (χ2v) is 5.00. The van der Waals surface area contributed by atoms with Crippen LogP contribution in [0, 0.1) is 18.3 Å². The molecule has 0 saturated carbocycles. The number of aryl methyl sites for hydroxylation is 1. The van der Waals surface area contributed by atoms with Gasteiger partial charge < -0.3 is 10.6 Å². The number of benzene rings is 1. The number of nitriles is 1. The molecule has 20 heavy (non-hydrogen) atoms. The maximum absolute atomic E-state index is 12.1. The van der Waals surface area contributed by atoms with E-state index < -0.39 is 0 Å². The monoisotopic (exact) mass is 273 g/mol. The number of rotatable bonds is 6. The zero-order chi connectivity index (χ0) is 15.1. The molecule has 1 atom stereocenters. The molecule has 0 aliphatic rings. The van der Waals surface area contributed by atoms with E-state index in [0.29, 0.717) is 11.3 Å². The molecule has 0 heterocycles. The summed E-state index contributed by atoms with van der Waals surface area (Å²) in [7, 11) is 0. The Labute approximate surface area is 121 Å². The van der Waals surface area contributed by atoms with Gasteiger partial charge in [0.15, 0.2) is 0 Å². The van der Waals surface area contributed by atoms with Crippen LogP contribution < -0.4 is 10.6 Å². The number of nitrogens with zero attached hydrogens (tertiary/aromatic N) is 1. The summed E-state index contributed by atoms with van der Waals surface area (Å²) < 4.78 is 0. The Bertz CT molecular complexity index is 501. The van der Waals surface area contributed by atoms with Gasteiger partial charge in [-0.2, -0.15) is 5.26 Å². The maximum Gasteiger partial charge on any atom is 0.242 e. The van der Waals surface area contributed by atoms with E-state index >= 15 is 0 Å². The number of carbonyl (C=O) groups is 1. The van der Waals surface area contributed by atoms with Gasteiger partial charge in [-0.15, -0.1) is 0 Å². The molecule has 4 heteroatoms. The van der Waals surface area contributed by atoms with Crippen LogP contribution in [0.2, 0.25) is 0 Å². The number of hydrogen-bond donors (Lipinski definition) is 2. The molecule has 1 aromatic carbocycles. The van der Waals surface area contributed by atoms with Crippen LogP contribution in [0.15, 0.2) is 18.2 Å². The van der Waals surface area contributed by atoms with Crippen molar-refractivity contribution < 1.29 is 4.79 Å². The van der Waals surface area contributed by atoms with Gasteiger partial charge in [-0.1, -0.05) is 26.0 Å². The molecule has 2 N–H and O–H groups in total. The van der Waals surface area contributed by atoms with Crippen molar-refractivity contribution in [2.24, 2.45) is 0 Å². The molecular formula is C16H23N3O. The normalized spacial score (nSPS) is 11.8. The van der Waals surface area contributed by atoms with E-state index in [9.17, 15) is 10.1 Å². The fourth-order valence-electron chi connectivity index (χ4n) is 2.05. The van der Waals surface area contributed by atoms with Gasteiger partial charge >= 0.3 is 0 Å². The number of anilines is 1. The molecule has 0 aliphatic carbocycles. The molecule has 0 saturated heterocycles. The third-order valence-corrected chi connectivity index (χ3v) is 3.48. The lowest BCUT2D eigenvalue weighted by molar-refractivity contribution is -0.122. The molecule has 1 aromatic rings. The van der Waals surface area contributed by atoms with Crippen LogP contribution >= 0.6 is 0 Å². The average Bonchev–Trinajstić information content (AvgIpc) is 2.44. The molecule has 0 bridgehead atoms. The number of nitrogens with one attached hydrogen (secondary N) is 2. The summed E-state index contributed by atoms with van der Waals surface area (Å²) in [5.41, 5.74) is 2.21. The van der Waals surface area contributed by atoms with Crippen molar-refractivity contribution in [3.63, 3.8) is 0 Å². The first-order chi connectivity index (χ1) is 9.53. The Morgan fingerprint density at radius 3 is 2.55 bits per heavy atom. The maximum atomic E-state index is 12.1. The predicted molar refractivity (Wildman–Crippen MR) is 81.5 cm³/mol. The molecule has 0 aromatic heterocycles. The summed E-state index contributed by atoms with van der Waals surface area (Å²) >= 11 is 0. The lowest BCUT2D eigenvalue weighted by atomic mass is 10.1. The lowest BCUT2D eigenvalue weighted by Gasteiger charge is -2.20. The van der Waals surface area contributed by atoms with E-state index in [1.54, 1.807) is 6.92 Å². The Morgan fingerprint density at radius 1 is 1.35 bits per heavy atom. The first-order valence-electron chi connectivity index (χ1n) is 7.10. The molecule has 1 amide bonds. The minimum atomic E-state index is -0.371. The van der Waals surface area contributed by atoms with Gasteiger partial charge in [0.2, 0.25) is 5.91 Å². The Hall–Kier alpha value is -2.02. The first kappa shape index (κ1) is 16.0. The van der Waals surface area contributed by atoms with Crippen LogP contribution in [-0.4, -0.2) is 18.0 Å². The highest BCUT2D eigenvalue weighted by molar-refractivity contribution is 5.85. The Kier molecular flexibility index (Phi) is 6.05. The van der Waals surface area contributed by atoms with Crippen molar-refractivity contribution in [2.75, 3.05) is 5.32 Å². The van der Waals surface area contributed by atoms with Gasteiger partial charge in [0.25, 0.3) is 0 Å². The van der Waals surface area contributed by atoms with Crippen molar-refractivity contribution >= 4 is 11.6 Å². The third kappa shape index (κ3) is 3.99. The fourth-order valence-corrected chi connectivity index (χ4v) is 2.05. The number of hydrogen-bond acceptors (Lipinski definition) is 3. The van der Waals surface area contributed by atoms with E-state index in [1.165, 1.54) is 0 Å². The molecule has 0 radical (unpaired) electrons. The van der Waals surface area contributed by atoms with E-state index in [1.807, 2.05) is 25.1 Å². The van der Waals surface area contributed by atoms with Crippen LogP contribution in [0.3, 0.4) is 0 Å². The molecule has 0 spiro atoms. The van der Waals surface area contributed by atoms with Crippen LogP contribution in [-0.2, 0) is 4.79 Å². The van der Waals surface area contributed by atoms with Crippen molar-refractivity contribution in [3.8, 4) is 6.07 Å². The Morgan fingerprint density at radius 2 is 2.00 bits per heavy atom. The number of carbonyl (C=O) groups excluding carboxylic acids is 1. The number of amides is 1. The quantitative estimate of drug-likeness (QED) is 0.837. The molecule has 108 valence electrons. The van der Waals surface area contributed by atoms with Gasteiger partial charge in [0.1, 0.15) is 12.1 Å². The average molecular weight is 273 g/mol. The van der Waals surface area contributed by atoms with Crippen molar-refractivity contribution in [1.82, 2.24) is 5.32 Å². The smallest absolute Gasteiger partial charge is 0.242 e. The molecule has 1 unspecified atom stereocenters. The second kappa shape index (κ2) is 7.54. The van der Waals surface area contributed by atoms with Gasteiger partial charge in [-0.25, -0.2) is 0 Å². The zero-order valence-electron chi connectivity index (χ0n) is 12.7. The van der Waals surface area contributed by atoms with E-state index in [-0.39, 0.29) is 18.0 Å². The summed E-state index contributed by atoms with van der Waals surface area (Å²) in [6.45, 7) is 7.81. The zero-order valence-corrected chi connectivity index (χ0v) is 12.7. The molecular weight excluding hydrogens is 250 g/mol. The highest BCUT2D eigenvalue weighted by Crippen LogP contribution is 2.19. The van der Waals surface area contributed by atoms with Gasteiger partial charge in [0.05, 0.1) is 11.3 Å². The van der Waals surface area contributed by atoms with Crippen LogP contribution in [0.5, 0.6) is 0 Å². The SMILES string of the molecule is CCC(CC)NC(=O)C(C)Nc1cccc(C)c1C#N. The van der Waals surface area contributed by atoms with E-state index in [2.05, 4.69) is 30.6 Å². The minimum absolute atomic E-state index is 0.0379. The predicted octanol–water partition coefficient (Wildman–Crippen LogP) is 2.97. The fraction of sp³-hybridized carbons (Fsp3) is 0.500. The molecule has 0 aliphatic heterocycles. The Balaban J connectivity index is 2.76. The summed E-state index contributed by atoms with van der Waals surface area (Å²) in [6.07, 6.45) is 1.84. The highest BCUT2D eigenvalue weighted by atomic mass is 16.2. The van der Waals surface area contributed by atoms with Gasteiger partial charge in [-0.3, -0.25) is 4.79 Å². The van der Waals surface area contributed by atoms with E-state index in [4.69, 9.17) is 0 Å². The largest absolute Gasteiger partial charge is 0.373 e. The lowest BCUT2D eigenvalue weighted by Crippen LogP contribution is -2.42. The summed E-state index contributed by atoms with van der Waals surface area (Å²) in [5, 5.41) is 15.3. The highest BCUT2D eigenvalue weighted by Gasteiger charge is 2.17. The standard InChI is InChI=1S/C16H23N3O/c1-5-13(6-2)19-16(20)12(4)18-15-9-7-8-11(3)14(15)10-17/h7-9,12-13,18H,5-6H2,1-4H3,(H,19,20). The van der Waals surface area contributed by atoms with Gasteiger partial charge in [0, 0.05) is 6.04 Å². The van der Waals surface area contributed by atoms with Crippen LogP contribution in [0.4, 0.5) is 5.69 Å². The molecule has 1 rings (SSSR count). The summed E-state index contributed by atoms with van der Waals surface area (Å²) in [6, 6.07) is 7.61. The van der Waals surface area contributed by atoms with Crippen LogP contribution in [0.1, 0.15) is 44.7 Å². The molecule has 0 fully saturated rings. The third-order valence-electron chi connectivity index (χ3n) is 3.48. The molecule has 4 nitrogen and oxygen atoms in total. The second-order valence-electron chi connectivity index (χ2n) is 5.00. The first-order valence-corrected chi connectivity index (χ1v) is 7.10. The summed E-state index contributed by atoms with van der Waals surface area (Å²) in [5.74, 6) is -0.0379. The minimum Gasteiger partial charge on any atom is -0.373 e. The topological polar surface area (TPSA) is 64.9 Å². The summed E-state index contributed by atoms with van der Waals surface area (Å²) in [4.78, 5) is 12.1. The van der Waals surface area contributed by atoms with Gasteiger partial charge in [-0.05, 0) is 38.3 Å². The van der Waals surface area contributed by atoms with Crippen molar-refractivity contribution in [2.45, 2.75) is 52.6 Å². The van der Waals surface area contributed by atoms with Crippen molar-refractivity contribution in [1.29, 1.82) is 5.26 Å². The van der Waals surface area contributed by atoms with Crippen LogP contribution in [0.25, 0.3) is 0 Å². The van der Waals surface area contributed by atoms with E-state index in [0.717, 1.165) is 18.4 Å².